The number of nitrogens with zero attached hydrogens (tertiary/aromatic N) is 3. The summed E-state index contributed by atoms with van der Waals surface area (Å²) in [5.74, 6) is 1.19. The molecule has 6 nitrogen and oxygen atoms in total. The maximum absolute atomic E-state index is 14.1. The summed E-state index contributed by atoms with van der Waals surface area (Å²) in [5.41, 5.74) is 1.24. The second-order valence-electron chi connectivity index (χ2n) is 6.09. The van der Waals surface area contributed by atoms with Crippen molar-refractivity contribution in [3.63, 3.8) is 0 Å². The van der Waals surface area contributed by atoms with Crippen LogP contribution in [0.3, 0.4) is 0 Å². The number of aromatic nitrogens is 3. The highest BCUT2D eigenvalue weighted by atomic mass is 32.2. The lowest BCUT2D eigenvalue weighted by molar-refractivity contribution is 0.414. The van der Waals surface area contributed by atoms with Gasteiger partial charge in [-0.2, -0.15) is 0 Å². The van der Waals surface area contributed by atoms with Gasteiger partial charge in [0.2, 0.25) is 0 Å². The van der Waals surface area contributed by atoms with Gasteiger partial charge in [0.25, 0.3) is 0 Å². The van der Waals surface area contributed by atoms with Gasteiger partial charge in [-0.15, -0.1) is 10.2 Å². The molecule has 4 aromatic rings. The molecule has 0 amide bonds. The van der Waals surface area contributed by atoms with E-state index in [1.54, 1.807) is 43.0 Å². The van der Waals surface area contributed by atoms with Crippen molar-refractivity contribution in [2.45, 2.75) is 10.9 Å². The Morgan fingerprint density at radius 1 is 1.18 bits per heavy atom. The van der Waals surface area contributed by atoms with E-state index in [-0.39, 0.29) is 5.82 Å². The van der Waals surface area contributed by atoms with Crippen LogP contribution in [0.2, 0.25) is 0 Å². The first-order valence-corrected chi connectivity index (χ1v) is 9.43. The Morgan fingerprint density at radius 3 is 2.79 bits per heavy atom. The molecule has 0 N–H and O–H groups in total. The van der Waals surface area contributed by atoms with Crippen LogP contribution in [0.1, 0.15) is 5.56 Å². The monoisotopic (exact) mass is 397 g/mol. The van der Waals surface area contributed by atoms with Gasteiger partial charge in [-0.3, -0.25) is 0 Å². The molecule has 0 atom stereocenters. The molecule has 0 radical (unpaired) electrons. The molecule has 0 spiro atoms. The van der Waals surface area contributed by atoms with E-state index in [1.807, 2.05) is 12.1 Å². The van der Waals surface area contributed by atoms with Crippen molar-refractivity contribution < 1.29 is 13.5 Å². The second kappa shape index (κ2) is 7.47. The zero-order valence-corrected chi connectivity index (χ0v) is 16.0. The van der Waals surface area contributed by atoms with E-state index in [2.05, 4.69) is 10.2 Å². The lowest BCUT2D eigenvalue weighted by Gasteiger charge is -2.07. The average molecular weight is 397 g/mol. The zero-order chi connectivity index (χ0) is 19.7. The highest BCUT2D eigenvalue weighted by Crippen LogP contribution is 2.29. The summed E-state index contributed by atoms with van der Waals surface area (Å²) >= 11 is 1.41. The maximum atomic E-state index is 14.1. The molecule has 0 fully saturated rings. The molecular formula is C20H16FN3O3S. The van der Waals surface area contributed by atoms with Crippen LogP contribution < -0.4 is 10.4 Å². The van der Waals surface area contributed by atoms with E-state index in [0.717, 1.165) is 10.9 Å². The molecular weight excluding hydrogens is 381 g/mol. The molecule has 0 aliphatic carbocycles. The smallest absolute Gasteiger partial charge is 0.336 e. The fraction of sp³-hybridized carbons (Fsp3) is 0.150. The Balaban J connectivity index is 1.64. The summed E-state index contributed by atoms with van der Waals surface area (Å²) in [4.78, 5) is 11.9. The summed E-state index contributed by atoms with van der Waals surface area (Å²) in [6.07, 6.45) is 0. The fourth-order valence-electron chi connectivity index (χ4n) is 2.92. The van der Waals surface area contributed by atoms with Crippen molar-refractivity contribution in [3.05, 3.63) is 70.3 Å². The third-order valence-corrected chi connectivity index (χ3v) is 5.41. The molecule has 0 saturated heterocycles. The highest BCUT2D eigenvalue weighted by molar-refractivity contribution is 7.98. The predicted molar refractivity (Wildman–Crippen MR) is 105 cm³/mol. The quantitative estimate of drug-likeness (QED) is 0.374. The number of fused-ring (bicyclic) bond motifs is 1. The lowest BCUT2D eigenvalue weighted by atomic mass is 10.1. The maximum Gasteiger partial charge on any atom is 0.336 e. The first-order valence-electron chi connectivity index (χ1n) is 8.44. The molecule has 2 aromatic carbocycles. The molecule has 2 heterocycles. The molecule has 8 heteroatoms. The van der Waals surface area contributed by atoms with E-state index in [9.17, 15) is 9.18 Å². The molecule has 4 rings (SSSR count). The number of rotatable bonds is 5. The number of halogens is 1. The summed E-state index contributed by atoms with van der Waals surface area (Å²) < 4.78 is 26.2. The average Bonchev–Trinajstić information content (AvgIpc) is 3.06. The standard InChI is InChI=1S/C20H16FN3O3S/c1-24-19(15-5-3-4-6-16(15)21)22-23-20(24)28-11-12-9-18(25)27-17-10-13(26-2)7-8-14(12)17/h3-10H,11H2,1-2H3. The first kappa shape index (κ1) is 18.2. The number of ether oxygens (including phenoxy) is 1. The minimum absolute atomic E-state index is 0.352. The van der Waals surface area contributed by atoms with E-state index in [1.165, 1.54) is 23.9 Å². The SMILES string of the molecule is COc1ccc2c(CSc3nnc(-c4ccccc4F)n3C)cc(=O)oc2c1. The molecule has 142 valence electrons. The van der Waals surface area contributed by atoms with Crippen LogP contribution >= 0.6 is 11.8 Å². The molecule has 0 aliphatic heterocycles. The Labute approximate surface area is 164 Å². The van der Waals surface area contributed by atoms with Gasteiger partial charge >= 0.3 is 5.63 Å². The van der Waals surface area contributed by atoms with E-state index < -0.39 is 5.63 Å². The van der Waals surface area contributed by atoms with Gasteiger partial charge in [-0.25, -0.2) is 9.18 Å². The summed E-state index contributed by atoms with van der Waals surface area (Å²) in [7, 11) is 3.34. The highest BCUT2D eigenvalue weighted by Gasteiger charge is 2.15. The summed E-state index contributed by atoms with van der Waals surface area (Å²) in [6.45, 7) is 0. The number of hydrogen-bond acceptors (Lipinski definition) is 6. The van der Waals surface area contributed by atoms with Crippen LogP contribution in [-0.2, 0) is 12.8 Å². The number of benzene rings is 2. The van der Waals surface area contributed by atoms with Crippen LogP contribution in [0.4, 0.5) is 4.39 Å². The first-order chi connectivity index (χ1) is 13.6. The van der Waals surface area contributed by atoms with Gasteiger partial charge in [-0.1, -0.05) is 23.9 Å². The largest absolute Gasteiger partial charge is 0.497 e. The third kappa shape index (κ3) is 3.38. The molecule has 0 aliphatic rings. The number of thioether (sulfide) groups is 1. The van der Waals surface area contributed by atoms with Crippen molar-refractivity contribution in [2.24, 2.45) is 7.05 Å². The van der Waals surface area contributed by atoms with Crippen LogP contribution in [0, 0.1) is 5.82 Å². The van der Waals surface area contributed by atoms with Gasteiger partial charge in [0.05, 0.1) is 12.7 Å². The second-order valence-corrected chi connectivity index (χ2v) is 7.03. The van der Waals surface area contributed by atoms with Gasteiger partial charge in [-0.05, 0) is 29.8 Å². The Bertz CT molecular complexity index is 1220. The normalized spacial score (nSPS) is 11.1. The Hall–Kier alpha value is -3.13. The topological polar surface area (TPSA) is 70.2 Å². The van der Waals surface area contributed by atoms with Crippen LogP contribution in [0.25, 0.3) is 22.4 Å². The van der Waals surface area contributed by atoms with E-state index in [4.69, 9.17) is 9.15 Å². The van der Waals surface area contributed by atoms with Crippen molar-refractivity contribution >= 4 is 22.7 Å². The molecule has 0 saturated carbocycles. The Kier molecular flexibility index (Phi) is 4.87. The predicted octanol–water partition coefficient (Wildman–Crippen LogP) is 4.03. The van der Waals surface area contributed by atoms with Crippen molar-refractivity contribution in [1.82, 2.24) is 14.8 Å². The lowest BCUT2D eigenvalue weighted by Crippen LogP contribution is -2.01. The van der Waals surface area contributed by atoms with Crippen LogP contribution in [-0.4, -0.2) is 21.9 Å². The minimum atomic E-state index is -0.429. The van der Waals surface area contributed by atoms with Crippen molar-refractivity contribution in [3.8, 4) is 17.1 Å². The third-order valence-electron chi connectivity index (χ3n) is 4.34. The molecule has 28 heavy (non-hydrogen) atoms. The number of hydrogen-bond donors (Lipinski definition) is 0. The Morgan fingerprint density at radius 2 is 2.00 bits per heavy atom. The van der Waals surface area contributed by atoms with Crippen LogP contribution in [0.5, 0.6) is 5.75 Å². The van der Waals surface area contributed by atoms with Crippen molar-refractivity contribution in [1.29, 1.82) is 0 Å². The van der Waals surface area contributed by atoms with Crippen molar-refractivity contribution in [2.75, 3.05) is 7.11 Å². The van der Waals surface area contributed by atoms with Gasteiger partial charge in [0, 0.05) is 30.3 Å². The fourth-order valence-corrected chi connectivity index (χ4v) is 3.82. The van der Waals surface area contributed by atoms with E-state index >= 15 is 0 Å². The summed E-state index contributed by atoms with van der Waals surface area (Å²) in [5, 5.41) is 9.73. The zero-order valence-electron chi connectivity index (χ0n) is 15.2. The molecule has 2 aromatic heterocycles. The van der Waals surface area contributed by atoms with Crippen LogP contribution in [0.15, 0.2) is 62.9 Å². The summed E-state index contributed by atoms with van der Waals surface area (Å²) in [6, 6.07) is 13.3. The van der Waals surface area contributed by atoms with Gasteiger partial charge in [0.1, 0.15) is 17.1 Å². The minimum Gasteiger partial charge on any atom is -0.497 e. The molecule has 0 unspecified atom stereocenters. The number of methoxy groups -OCH3 is 1. The van der Waals surface area contributed by atoms with E-state index in [0.29, 0.717) is 33.6 Å². The van der Waals surface area contributed by atoms with Gasteiger partial charge < -0.3 is 13.7 Å². The van der Waals surface area contributed by atoms with Gasteiger partial charge in [0.15, 0.2) is 11.0 Å². The molecule has 0 bridgehead atoms.